The van der Waals surface area contributed by atoms with E-state index in [0.29, 0.717) is 28.3 Å². The van der Waals surface area contributed by atoms with E-state index in [1.165, 1.54) is 6.08 Å². The largest absolute Gasteiger partial charge is 0.516 e. The van der Waals surface area contributed by atoms with Crippen LogP contribution in [0.3, 0.4) is 0 Å². The van der Waals surface area contributed by atoms with Crippen LogP contribution in [0.25, 0.3) is 18.2 Å². The summed E-state index contributed by atoms with van der Waals surface area (Å²) in [6, 6.07) is -0.329. The molecular weight excluding hydrogens is 596 g/mol. The number of aliphatic hydroxyl groups is 1. The number of carboxylic acids is 2. The fraction of sp³-hybridized carbons (Fsp3) is 0.394. The number of carbonyl (C=O) groups is 4. The van der Waals surface area contributed by atoms with Crippen LogP contribution in [-0.2, 0) is 32.0 Å². The van der Waals surface area contributed by atoms with E-state index in [9.17, 15) is 34.5 Å². The number of aromatic amines is 2. The summed E-state index contributed by atoms with van der Waals surface area (Å²) in [6.45, 7) is 9.40. The average Bonchev–Trinajstić information content (AvgIpc) is 3.60. The number of aliphatic hydroxyl groups excluding tert-OH is 1. The lowest BCUT2D eigenvalue weighted by atomic mass is 9.91. The van der Waals surface area contributed by atoms with Gasteiger partial charge in [0.15, 0.2) is 0 Å². The number of hydrogen-bond donors (Lipinski definition) is 8. The molecule has 1 fully saturated rings. The molecule has 4 atom stereocenters. The maximum atomic E-state index is 12.5. The Morgan fingerprint density at radius 3 is 2.36 bits per heavy atom. The predicted octanol–water partition coefficient (Wildman–Crippen LogP) is 2.53. The highest BCUT2D eigenvalue weighted by molar-refractivity contribution is 7.80. The van der Waals surface area contributed by atoms with Crippen molar-refractivity contribution in [3.05, 3.63) is 73.5 Å². The van der Waals surface area contributed by atoms with Gasteiger partial charge in [-0.25, -0.2) is 0 Å². The smallest absolute Gasteiger partial charge is 0.307 e. The number of carbonyl (C=O) groups excluding carboxylic acids is 2. The van der Waals surface area contributed by atoms with Crippen LogP contribution in [0.4, 0.5) is 0 Å². The van der Waals surface area contributed by atoms with Crippen molar-refractivity contribution in [3.63, 3.8) is 0 Å². The Labute approximate surface area is 266 Å². The molecule has 0 bridgehead atoms. The molecule has 0 aromatic carbocycles. The summed E-state index contributed by atoms with van der Waals surface area (Å²) in [5.74, 6) is -2.66. The van der Waals surface area contributed by atoms with Gasteiger partial charge in [0.05, 0.1) is 18.7 Å². The highest BCUT2D eigenvalue weighted by Crippen LogP contribution is 2.34. The van der Waals surface area contributed by atoms with Crippen molar-refractivity contribution in [2.24, 2.45) is 11.8 Å². The van der Waals surface area contributed by atoms with E-state index in [1.807, 2.05) is 46.8 Å². The lowest BCUT2D eigenvalue weighted by Crippen LogP contribution is -2.30. The molecule has 11 nitrogen and oxygen atoms in total. The first-order chi connectivity index (χ1) is 21.2. The molecule has 0 radical (unpaired) electrons. The summed E-state index contributed by atoms with van der Waals surface area (Å²) in [5, 5.41) is 35.2. The van der Waals surface area contributed by atoms with Crippen molar-refractivity contribution in [2.45, 2.75) is 71.6 Å². The molecule has 12 heteroatoms. The van der Waals surface area contributed by atoms with Crippen LogP contribution in [0.1, 0.15) is 67.4 Å². The van der Waals surface area contributed by atoms with Crippen LogP contribution in [0, 0.1) is 25.7 Å². The number of aromatic nitrogens is 2. The maximum absolute atomic E-state index is 12.5. The minimum absolute atomic E-state index is 0.0784. The van der Waals surface area contributed by atoms with Gasteiger partial charge < -0.3 is 35.9 Å². The summed E-state index contributed by atoms with van der Waals surface area (Å²) >= 11 is 4.61. The minimum Gasteiger partial charge on any atom is -0.516 e. The first-order valence-electron chi connectivity index (χ1n) is 14.8. The van der Waals surface area contributed by atoms with Crippen molar-refractivity contribution < 1.29 is 34.5 Å². The number of aliphatic carboxylic acids is 2. The second kappa shape index (κ2) is 13.7. The van der Waals surface area contributed by atoms with Crippen LogP contribution in [0.5, 0.6) is 0 Å². The zero-order chi connectivity index (χ0) is 33.2. The van der Waals surface area contributed by atoms with Gasteiger partial charge in [-0.3, -0.25) is 19.2 Å². The Kier molecular flexibility index (Phi) is 10.2. The number of carboxylic acid groups (broad SMARTS) is 2. The van der Waals surface area contributed by atoms with Crippen molar-refractivity contribution in [3.8, 4) is 0 Å². The standard InChI is InChI=1S/C33H40N4O7S/c1-15-20(6-8-29(39)40)26(34-23(15)12-25-17(3)22(10-11-38)33(44)36-25)14-27-21(7-9-30(41)42)16(2)24(35-27)13-28-31(19(5)45)18(4)32(43)37-28/h6,10-11,13-14,18-19,25,31,34-35,38,45H,7-9,12H2,1-5H3,(H,36,44)(H,37,43)(H,39,40)(H,41,42)/b11-10+,20-6-,26-14-,28-13-/t18-,19-,25-,31+/m1/s1. The Bertz CT molecular complexity index is 1760. The molecule has 2 aliphatic rings. The van der Waals surface area contributed by atoms with Crippen molar-refractivity contribution in [2.75, 3.05) is 0 Å². The predicted molar refractivity (Wildman–Crippen MR) is 174 cm³/mol. The topological polar surface area (TPSA) is 185 Å². The zero-order valence-electron chi connectivity index (χ0n) is 25.9. The normalized spacial score (nSPS) is 22.6. The van der Waals surface area contributed by atoms with Crippen LogP contribution < -0.4 is 21.2 Å². The number of allylic oxidation sites excluding steroid dienone is 1. The van der Waals surface area contributed by atoms with Crippen LogP contribution in [0.2, 0.25) is 0 Å². The lowest BCUT2D eigenvalue weighted by molar-refractivity contribution is -0.137. The average molecular weight is 637 g/mol. The number of rotatable bonds is 11. The summed E-state index contributed by atoms with van der Waals surface area (Å²) < 4.78 is 0. The van der Waals surface area contributed by atoms with E-state index in [4.69, 9.17) is 0 Å². The molecule has 0 spiro atoms. The highest BCUT2D eigenvalue weighted by Gasteiger charge is 2.37. The van der Waals surface area contributed by atoms with E-state index in [1.54, 1.807) is 6.08 Å². The molecule has 4 rings (SSSR count). The van der Waals surface area contributed by atoms with Crippen LogP contribution in [-0.4, -0.2) is 60.3 Å². The number of nitrogens with one attached hydrogen (secondary N) is 4. The molecule has 240 valence electrons. The summed E-state index contributed by atoms with van der Waals surface area (Å²) in [4.78, 5) is 54.9. The fourth-order valence-electron chi connectivity index (χ4n) is 6.24. The number of hydrogen-bond acceptors (Lipinski definition) is 6. The van der Waals surface area contributed by atoms with Gasteiger partial charge in [-0.05, 0) is 72.9 Å². The van der Waals surface area contributed by atoms with Gasteiger partial charge in [-0.2, -0.15) is 12.6 Å². The Balaban J connectivity index is 1.86. The minimum atomic E-state index is -0.988. The quantitative estimate of drug-likeness (QED) is 0.138. The summed E-state index contributed by atoms with van der Waals surface area (Å²) in [5.41, 5.74) is 6.54. The Hall–Kier alpha value is -4.45. The lowest BCUT2D eigenvalue weighted by Gasteiger charge is -2.17. The van der Waals surface area contributed by atoms with Gasteiger partial charge in [0, 0.05) is 63.6 Å². The summed E-state index contributed by atoms with van der Waals surface area (Å²) in [7, 11) is 0. The first-order valence-corrected chi connectivity index (χ1v) is 15.3. The van der Waals surface area contributed by atoms with Crippen molar-refractivity contribution in [1.29, 1.82) is 0 Å². The van der Waals surface area contributed by atoms with E-state index < -0.39 is 11.9 Å². The number of thiol groups is 1. The zero-order valence-corrected chi connectivity index (χ0v) is 26.8. The van der Waals surface area contributed by atoms with Crippen LogP contribution in [0.15, 0.2) is 29.2 Å². The Morgan fingerprint density at radius 1 is 1.02 bits per heavy atom. The van der Waals surface area contributed by atoms with Gasteiger partial charge in [0.1, 0.15) is 0 Å². The van der Waals surface area contributed by atoms with Gasteiger partial charge in [0.25, 0.3) is 5.91 Å². The molecule has 2 aromatic heterocycles. The molecule has 2 amide bonds. The molecule has 0 aliphatic carbocycles. The van der Waals surface area contributed by atoms with Crippen LogP contribution >= 0.6 is 12.6 Å². The second-order valence-electron chi connectivity index (χ2n) is 11.7. The first kappa shape index (κ1) is 33.4. The van der Waals surface area contributed by atoms with Crippen molar-refractivity contribution in [1.82, 2.24) is 20.6 Å². The molecule has 2 aliphatic heterocycles. The molecule has 4 heterocycles. The Morgan fingerprint density at radius 2 is 1.73 bits per heavy atom. The number of H-pyrrole nitrogens is 2. The molecular formula is C33H40N4O7S. The molecule has 45 heavy (non-hydrogen) atoms. The van der Waals surface area contributed by atoms with Gasteiger partial charge in [-0.1, -0.05) is 19.9 Å². The van der Waals surface area contributed by atoms with Gasteiger partial charge in [0.2, 0.25) is 5.91 Å². The van der Waals surface area contributed by atoms with Gasteiger partial charge >= 0.3 is 11.9 Å². The highest BCUT2D eigenvalue weighted by atomic mass is 32.1. The third kappa shape index (κ3) is 7.11. The maximum Gasteiger partial charge on any atom is 0.307 e. The van der Waals surface area contributed by atoms with Gasteiger partial charge in [-0.15, -0.1) is 0 Å². The van der Waals surface area contributed by atoms with E-state index in [0.717, 1.165) is 45.6 Å². The molecule has 2 aromatic rings. The van der Waals surface area contributed by atoms with E-state index in [2.05, 4.69) is 33.2 Å². The monoisotopic (exact) mass is 636 g/mol. The van der Waals surface area contributed by atoms with E-state index >= 15 is 0 Å². The molecule has 0 saturated carbocycles. The summed E-state index contributed by atoms with van der Waals surface area (Å²) in [6.07, 6.45) is 7.90. The van der Waals surface area contributed by atoms with Crippen molar-refractivity contribution >= 4 is 54.6 Å². The fourth-order valence-corrected chi connectivity index (χ4v) is 6.66. The third-order valence-electron chi connectivity index (χ3n) is 8.79. The third-order valence-corrected chi connectivity index (χ3v) is 9.11. The molecule has 7 N–H and O–H groups in total. The second-order valence-corrected chi connectivity index (χ2v) is 12.6. The van der Waals surface area contributed by atoms with E-state index in [-0.39, 0.29) is 54.2 Å². The molecule has 1 saturated heterocycles. The number of amides is 2. The SMILES string of the molecule is CC1=C(/C=C/O)C(=O)N[C@@H]1Cc1[nH]c(=C\c2[nH]c(/C=C3\NC(=O)[C@H](C)[C@H]3[C@@H](C)S)c(C)c2CCC(=O)O)/c(=C\CC(=O)O)c1C. The molecule has 0 unspecified atom stereocenters.